The summed E-state index contributed by atoms with van der Waals surface area (Å²) in [6.45, 7) is -0.232. The summed E-state index contributed by atoms with van der Waals surface area (Å²) < 4.78 is 15.9. The van der Waals surface area contributed by atoms with E-state index >= 15 is 0 Å². The van der Waals surface area contributed by atoms with Crippen LogP contribution in [0.4, 0.5) is 0 Å². The van der Waals surface area contributed by atoms with Gasteiger partial charge in [-0.3, -0.25) is 9.59 Å². The van der Waals surface area contributed by atoms with E-state index in [1.165, 1.54) is 16.7 Å². The second-order valence-corrected chi connectivity index (χ2v) is 8.73. The molecule has 4 atom stereocenters. The minimum atomic E-state index is -1.12. The van der Waals surface area contributed by atoms with Crippen LogP contribution in [0.2, 0.25) is 0 Å². The van der Waals surface area contributed by atoms with Gasteiger partial charge in [0.2, 0.25) is 5.91 Å². The molecule has 0 radical (unpaired) electrons. The Hall–Kier alpha value is -3.24. The second kappa shape index (κ2) is 10.1. The van der Waals surface area contributed by atoms with Crippen LogP contribution in [0.15, 0.2) is 54.6 Å². The SMILES string of the molecule is COc1ccc(COC(=O)C2C(O)CS[C@@H]3[C@H](NC(=O)COc4ccccc4)C(=O)N23)cc1. The maximum Gasteiger partial charge on any atom is 0.331 e. The third-order valence-electron chi connectivity index (χ3n) is 5.39. The van der Waals surface area contributed by atoms with Crippen molar-refractivity contribution in [1.29, 1.82) is 0 Å². The van der Waals surface area contributed by atoms with Crippen molar-refractivity contribution in [3.63, 3.8) is 0 Å². The van der Waals surface area contributed by atoms with Gasteiger partial charge in [0.1, 0.15) is 29.5 Å². The number of aliphatic hydroxyl groups excluding tert-OH is 1. The van der Waals surface area contributed by atoms with Crippen molar-refractivity contribution in [3.8, 4) is 11.5 Å². The summed E-state index contributed by atoms with van der Waals surface area (Å²) in [4.78, 5) is 39.0. The van der Waals surface area contributed by atoms with Gasteiger partial charge in [-0.2, -0.15) is 0 Å². The van der Waals surface area contributed by atoms with Crippen molar-refractivity contribution in [3.05, 3.63) is 60.2 Å². The van der Waals surface area contributed by atoms with E-state index in [9.17, 15) is 19.5 Å². The number of esters is 1. The number of carbonyl (C=O) groups excluding carboxylic acids is 3. The summed E-state index contributed by atoms with van der Waals surface area (Å²) in [5, 5.41) is 12.6. The zero-order chi connectivity index (χ0) is 23.4. The lowest BCUT2D eigenvalue weighted by molar-refractivity contribution is -0.172. The Bertz CT molecular complexity index is 1000. The van der Waals surface area contributed by atoms with Crippen LogP contribution in [0.1, 0.15) is 5.56 Å². The number of carbonyl (C=O) groups is 3. The van der Waals surface area contributed by atoms with Gasteiger partial charge in [-0.1, -0.05) is 30.3 Å². The van der Waals surface area contributed by atoms with Crippen LogP contribution in [-0.4, -0.2) is 70.8 Å². The molecule has 2 aromatic carbocycles. The summed E-state index contributed by atoms with van der Waals surface area (Å²) in [7, 11) is 1.56. The van der Waals surface area contributed by atoms with Crippen LogP contribution in [0, 0.1) is 0 Å². The van der Waals surface area contributed by atoms with Gasteiger partial charge in [0.25, 0.3) is 5.91 Å². The molecule has 2 aliphatic heterocycles. The number of hydrogen-bond donors (Lipinski definition) is 2. The van der Waals surface area contributed by atoms with Gasteiger partial charge in [-0.15, -0.1) is 11.8 Å². The summed E-state index contributed by atoms with van der Waals surface area (Å²) in [5.74, 6) is -0.101. The quantitative estimate of drug-likeness (QED) is 0.431. The smallest absolute Gasteiger partial charge is 0.331 e. The molecule has 0 spiro atoms. The first-order valence-electron chi connectivity index (χ1n) is 10.4. The van der Waals surface area contributed by atoms with Crippen molar-refractivity contribution in [1.82, 2.24) is 10.2 Å². The molecule has 174 valence electrons. The highest BCUT2D eigenvalue weighted by Crippen LogP contribution is 2.38. The molecule has 9 nitrogen and oxygen atoms in total. The van der Waals surface area contributed by atoms with E-state index in [0.29, 0.717) is 11.5 Å². The van der Waals surface area contributed by atoms with Crippen LogP contribution >= 0.6 is 11.8 Å². The maximum atomic E-state index is 12.7. The first-order chi connectivity index (χ1) is 16.0. The molecule has 2 saturated heterocycles. The Morgan fingerprint density at radius 1 is 1.12 bits per heavy atom. The van der Waals surface area contributed by atoms with Crippen LogP contribution in [0.5, 0.6) is 11.5 Å². The zero-order valence-corrected chi connectivity index (χ0v) is 18.7. The molecule has 0 bridgehead atoms. The van der Waals surface area contributed by atoms with Gasteiger partial charge in [0, 0.05) is 5.75 Å². The predicted molar refractivity (Wildman–Crippen MR) is 120 cm³/mol. The third kappa shape index (κ3) is 5.07. The number of amides is 2. The molecular weight excluding hydrogens is 448 g/mol. The molecule has 0 aliphatic carbocycles. The monoisotopic (exact) mass is 472 g/mol. The van der Waals surface area contributed by atoms with E-state index in [4.69, 9.17) is 14.2 Å². The number of thioether (sulfide) groups is 1. The normalized spacial score (nSPS) is 23.7. The van der Waals surface area contributed by atoms with E-state index in [2.05, 4.69) is 5.32 Å². The largest absolute Gasteiger partial charge is 0.497 e. The lowest BCUT2D eigenvalue weighted by atomic mass is 9.99. The van der Waals surface area contributed by atoms with Crippen LogP contribution < -0.4 is 14.8 Å². The molecule has 10 heteroatoms. The third-order valence-corrected chi connectivity index (χ3v) is 6.77. The molecule has 2 N–H and O–H groups in total. The highest BCUT2D eigenvalue weighted by atomic mass is 32.2. The second-order valence-electron chi connectivity index (χ2n) is 7.58. The van der Waals surface area contributed by atoms with Crippen LogP contribution in [0.25, 0.3) is 0 Å². The number of rotatable bonds is 8. The van der Waals surface area contributed by atoms with Gasteiger partial charge in [-0.05, 0) is 29.8 Å². The van der Waals surface area contributed by atoms with Gasteiger partial charge >= 0.3 is 5.97 Å². The van der Waals surface area contributed by atoms with Crippen LogP contribution in [0.3, 0.4) is 0 Å². The van der Waals surface area contributed by atoms with E-state index in [1.807, 2.05) is 6.07 Å². The molecule has 4 rings (SSSR count). The highest BCUT2D eigenvalue weighted by molar-refractivity contribution is 8.00. The molecule has 2 heterocycles. The number of para-hydroxylation sites is 1. The first-order valence-corrected chi connectivity index (χ1v) is 11.4. The van der Waals surface area contributed by atoms with Crippen molar-refractivity contribution in [2.24, 2.45) is 0 Å². The van der Waals surface area contributed by atoms with Crippen molar-refractivity contribution in [2.45, 2.75) is 30.2 Å². The standard InChI is InChI=1S/C23H24N2O7S/c1-30-15-9-7-14(8-10-15)11-32-23(29)20-17(26)13-33-22-19(21(28)25(20)22)24-18(27)12-31-16-5-3-2-4-6-16/h2-10,17,19-20,22,26H,11-13H2,1H3,(H,24,27)/t17?,19-,20?,22-/m1/s1. The number of fused-ring (bicyclic) bond motifs is 1. The topological polar surface area (TPSA) is 114 Å². The number of nitrogens with one attached hydrogen (secondary N) is 1. The Morgan fingerprint density at radius 2 is 1.85 bits per heavy atom. The number of β-lactam (4-membered cyclic amide) rings is 1. The van der Waals surface area contributed by atoms with Crippen molar-refractivity contribution >= 4 is 29.5 Å². The fraction of sp³-hybridized carbons (Fsp3) is 0.348. The van der Waals surface area contributed by atoms with E-state index in [1.54, 1.807) is 55.6 Å². The molecule has 2 fully saturated rings. The number of benzene rings is 2. The summed E-state index contributed by atoms with van der Waals surface area (Å²) in [5.41, 5.74) is 0.749. The fourth-order valence-corrected chi connectivity index (χ4v) is 5.03. The number of nitrogens with zero attached hydrogens (tertiary/aromatic N) is 1. The fourth-order valence-electron chi connectivity index (χ4n) is 3.68. The van der Waals surface area contributed by atoms with E-state index in [-0.39, 0.29) is 19.0 Å². The molecule has 2 aromatic rings. The highest BCUT2D eigenvalue weighted by Gasteiger charge is 2.58. The summed E-state index contributed by atoms with van der Waals surface area (Å²) in [6, 6.07) is 14.0. The van der Waals surface area contributed by atoms with Crippen molar-refractivity contribution < 1.29 is 33.7 Å². The number of aliphatic hydroxyl groups is 1. The van der Waals surface area contributed by atoms with Gasteiger partial charge in [0.05, 0.1) is 13.2 Å². The molecule has 0 saturated carbocycles. The first kappa shape index (κ1) is 22.9. The molecular formula is C23H24N2O7S. The number of hydrogen-bond acceptors (Lipinski definition) is 8. The average molecular weight is 473 g/mol. The lowest BCUT2D eigenvalue weighted by Crippen LogP contribution is -2.77. The lowest BCUT2D eigenvalue weighted by Gasteiger charge is -2.53. The zero-order valence-electron chi connectivity index (χ0n) is 17.9. The van der Waals surface area contributed by atoms with Gasteiger partial charge in [-0.25, -0.2) is 4.79 Å². The van der Waals surface area contributed by atoms with Gasteiger partial charge in [0.15, 0.2) is 12.6 Å². The minimum Gasteiger partial charge on any atom is -0.497 e. The maximum absolute atomic E-state index is 12.7. The van der Waals surface area contributed by atoms with E-state index in [0.717, 1.165) is 5.56 Å². The molecule has 2 unspecified atom stereocenters. The average Bonchev–Trinajstić information content (AvgIpc) is 2.85. The summed E-state index contributed by atoms with van der Waals surface area (Å²) >= 11 is 1.31. The van der Waals surface area contributed by atoms with Crippen molar-refractivity contribution in [2.75, 3.05) is 19.5 Å². The number of methoxy groups -OCH3 is 1. The van der Waals surface area contributed by atoms with Crippen LogP contribution in [-0.2, 0) is 25.7 Å². The molecule has 33 heavy (non-hydrogen) atoms. The summed E-state index contributed by atoms with van der Waals surface area (Å²) in [6.07, 6.45) is -1.06. The Kier molecular flexibility index (Phi) is 7.05. The van der Waals surface area contributed by atoms with E-state index < -0.39 is 41.3 Å². The Labute approximate surface area is 195 Å². The van der Waals surface area contributed by atoms with Gasteiger partial charge < -0.3 is 29.5 Å². The Balaban J connectivity index is 1.32. The predicted octanol–water partition coefficient (Wildman–Crippen LogP) is 0.947. The molecule has 2 amide bonds. The Morgan fingerprint density at radius 3 is 2.55 bits per heavy atom. The molecule has 2 aliphatic rings. The number of ether oxygens (including phenoxy) is 3. The molecule has 0 aromatic heterocycles. The minimum absolute atomic E-state index is 0.00285.